The number of amides is 1. The van der Waals surface area contributed by atoms with Crippen LogP contribution in [0.15, 0.2) is 5.38 Å². The maximum atomic E-state index is 12.2. The zero-order valence-corrected chi connectivity index (χ0v) is 16.2. The second kappa shape index (κ2) is 9.73. The molecule has 1 aromatic rings. The Balaban J connectivity index is 0.00000208. The molecular weight excluding hydrogens is 342 g/mol. The van der Waals surface area contributed by atoms with E-state index in [1.54, 1.807) is 11.3 Å². The average molecular weight is 372 g/mol. The Morgan fingerprint density at radius 1 is 1.33 bits per heavy atom. The number of carbonyl (C=O) groups excluding carboxylic acids is 1. The van der Waals surface area contributed by atoms with Crippen molar-refractivity contribution in [3.63, 3.8) is 0 Å². The molecular formula is C18H30ClN3OS. The largest absolute Gasteiger partial charge is 0.355 e. The van der Waals surface area contributed by atoms with Gasteiger partial charge in [0.25, 0.3) is 0 Å². The van der Waals surface area contributed by atoms with E-state index >= 15 is 0 Å². The Hall–Kier alpha value is -0.650. The summed E-state index contributed by atoms with van der Waals surface area (Å²) >= 11 is 1.76. The van der Waals surface area contributed by atoms with Gasteiger partial charge in [-0.15, -0.1) is 23.7 Å². The lowest BCUT2D eigenvalue weighted by molar-refractivity contribution is -0.126. The van der Waals surface area contributed by atoms with E-state index in [2.05, 4.69) is 22.9 Å². The number of halogens is 1. The molecule has 2 atom stereocenters. The molecule has 1 saturated heterocycles. The molecule has 1 saturated carbocycles. The lowest BCUT2D eigenvalue weighted by Crippen LogP contribution is -2.42. The van der Waals surface area contributed by atoms with Gasteiger partial charge in [0.1, 0.15) is 0 Å². The fourth-order valence-corrected chi connectivity index (χ4v) is 4.71. The molecule has 2 heterocycles. The predicted molar refractivity (Wildman–Crippen MR) is 102 cm³/mol. The van der Waals surface area contributed by atoms with Gasteiger partial charge < -0.3 is 10.6 Å². The van der Waals surface area contributed by atoms with E-state index in [9.17, 15) is 4.79 Å². The molecule has 0 radical (unpaired) electrons. The van der Waals surface area contributed by atoms with Crippen LogP contribution in [0.5, 0.6) is 0 Å². The van der Waals surface area contributed by atoms with Crippen LogP contribution in [-0.2, 0) is 11.2 Å². The molecule has 1 amide bonds. The van der Waals surface area contributed by atoms with Crippen molar-refractivity contribution in [2.75, 3.05) is 13.1 Å². The van der Waals surface area contributed by atoms with E-state index in [4.69, 9.17) is 4.98 Å². The van der Waals surface area contributed by atoms with Crippen LogP contribution in [0.25, 0.3) is 0 Å². The molecule has 3 rings (SSSR count). The second-order valence-corrected chi connectivity index (χ2v) is 8.06. The van der Waals surface area contributed by atoms with E-state index in [0.717, 1.165) is 32.4 Å². The van der Waals surface area contributed by atoms with Gasteiger partial charge in [-0.2, -0.15) is 0 Å². The fraction of sp³-hybridized carbons (Fsp3) is 0.778. The van der Waals surface area contributed by atoms with Crippen LogP contribution in [0.4, 0.5) is 0 Å². The molecule has 0 aromatic carbocycles. The summed E-state index contributed by atoms with van der Waals surface area (Å²) in [6.45, 7) is 3.83. The Morgan fingerprint density at radius 3 is 2.88 bits per heavy atom. The first-order valence-electron chi connectivity index (χ1n) is 9.18. The second-order valence-electron chi connectivity index (χ2n) is 7.12. The van der Waals surface area contributed by atoms with Gasteiger partial charge in [-0.1, -0.05) is 19.3 Å². The summed E-state index contributed by atoms with van der Waals surface area (Å²) < 4.78 is 0. The molecule has 6 heteroatoms. The number of thiazole rings is 1. The number of carbonyl (C=O) groups is 1. The van der Waals surface area contributed by atoms with Crippen molar-refractivity contribution in [3.8, 4) is 0 Å². The molecule has 4 nitrogen and oxygen atoms in total. The molecule has 1 aromatic heterocycles. The Kier molecular flexibility index (Phi) is 7.98. The average Bonchev–Trinajstić information content (AvgIpc) is 3.04. The van der Waals surface area contributed by atoms with Gasteiger partial charge in [-0.3, -0.25) is 4.79 Å². The van der Waals surface area contributed by atoms with E-state index in [1.165, 1.54) is 42.8 Å². The van der Waals surface area contributed by atoms with E-state index < -0.39 is 0 Å². The molecule has 2 aliphatic rings. The minimum absolute atomic E-state index is 0. The van der Waals surface area contributed by atoms with Crippen molar-refractivity contribution in [1.82, 2.24) is 15.6 Å². The molecule has 0 spiro atoms. The maximum absolute atomic E-state index is 12.2. The van der Waals surface area contributed by atoms with Crippen molar-refractivity contribution in [2.24, 2.45) is 5.92 Å². The molecule has 2 N–H and O–H groups in total. The third-order valence-electron chi connectivity index (χ3n) is 5.23. The van der Waals surface area contributed by atoms with Gasteiger partial charge in [0, 0.05) is 36.2 Å². The summed E-state index contributed by atoms with van der Waals surface area (Å²) in [5, 5.41) is 9.91. The van der Waals surface area contributed by atoms with Crippen molar-refractivity contribution in [3.05, 3.63) is 16.1 Å². The molecule has 1 aliphatic heterocycles. The molecule has 1 aliphatic carbocycles. The quantitative estimate of drug-likeness (QED) is 0.830. The summed E-state index contributed by atoms with van der Waals surface area (Å²) in [5.41, 5.74) is 1.29. The smallest absolute Gasteiger partial charge is 0.223 e. The maximum Gasteiger partial charge on any atom is 0.223 e. The Bertz CT molecular complexity index is 516. The van der Waals surface area contributed by atoms with Crippen LogP contribution in [-0.4, -0.2) is 30.0 Å². The number of nitrogens with one attached hydrogen (secondary N) is 2. The molecule has 0 unspecified atom stereocenters. The predicted octanol–water partition coefficient (Wildman–Crippen LogP) is 3.66. The topological polar surface area (TPSA) is 54.0 Å². The van der Waals surface area contributed by atoms with Gasteiger partial charge in [0.05, 0.1) is 10.7 Å². The zero-order chi connectivity index (χ0) is 16.1. The molecule has 0 bridgehead atoms. The lowest BCUT2D eigenvalue weighted by Gasteiger charge is -2.27. The third kappa shape index (κ3) is 5.43. The van der Waals surface area contributed by atoms with E-state index in [-0.39, 0.29) is 24.2 Å². The van der Waals surface area contributed by atoms with Crippen LogP contribution in [0.3, 0.4) is 0 Å². The summed E-state index contributed by atoms with van der Waals surface area (Å²) in [6.07, 6.45) is 9.46. The van der Waals surface area contributed by atoms with Crippen molar-refractivity contribution >= 4 is 29.7 Å². The molecule has 136 valence electrons. The highest BCUT2D eigenvalue weighted by molar-refractivity contribution is 7.09. The normalized spacial score (nSPS) is 25.0. The third-order valence-corrected chi connectivity index (χ3v) is 6.15. The van der Waals surface area contributed by atoms with E-state index in [0.29, 0.717) is 12.0 Å². The minimum atomic E-state index is 0. The van der Waals surface area contributed by atoms with Crippen molar-refractivity contribution in [1.29, 1.82) is 0 Å². The van der Waals surface area contributed by atoms with E-state index in [1.807, 2.05) is 0 Å². The van der Waals surface area contributed by atoms with Gasteiger partial charge in [0.15, 0.2) is 0 Å². The molecule has 2 fully saturated rings. The zero-order valence-electron chi connectivity index (χ0n) is 14.6. The highest BCUT2D eigenvalue weighted by Crippen LogP contribution is 2.33. The summed E-state index contributed by atoms with van der Waals surface area (Å²) in [7, 11) is 0. The minimum Gasteiger partial charge on any atom is -0.355 e. The van der Waals surface area contributed by atoms with Crippen molar-refractivity contribution in [2.45, 2.75) is 70.3 Å². The lowest BCUT2D eigenvalue weighted by atomic mass is 9.87. The van der Waals surface area contributed by atoms with Gasteiger partial charge in [-0.05, 0) is 39.2 Å². The number of piperidine rings is 1. The van der Waals surface area contributed by atoms with Gasteiger partial charge in [-0.25, -0.2) is 4.98 Å². The standard InChI is InChI=1S/C18H29N3OS.ClH/c1-13-11-15(7-9-19-13)18(22)20-10-8-17-21-16(12-23-17)14-5-3-2-4-6-14;/h12-15,19H,2-11H2,1H3,(H,20,22);1H/t13-,15-;/m0./s1. The first-order valence-corrected chi connectivity index (χ1v) is 10.1. The highest BCUT2D eigenvalue weighted by Gasteiger charge is 2.24. The molecule has 24 heavy (non-hydrogen) atoms. The first-order chi connectivity index (χ1) is 11.2. The number of hydrogen-bond donors (Lipinski definition) is 2. The van der Waals surface area contributed by atoms with Crippen LogP contribution >= 0.6 is 23.7 Å². The van der Waals surface area contributed by atoms with Gasteiger partial charge in [0.2, 0.25) is 5.91 Å². The van der Waals surface area contributed by atoms with Crippen LogP contribution in [0.2, 0.25) is 0 Å². The number of hydrogen-bond acceptors (Lipinski definition) is 4. The number of aromatic nitrogens is 1. The van der Waals surface area contributed by atoms with Crippen LogP contribution in [0, 0.1) is 5.92 Å². The van der Waals surface area contributed by atoms with Crippen molar-refractivity contribution < 1.29 is 4.79 Å². The van der Waals surface area contributed by atoms with Gasteiger partial charge >= 0.3 is 0 Å². The SMILES string of the molecule is C[C@H]1C[C@@H](C(=O)NCCc2nc(C3CCCCC3)cs2)CCN1.Cl. The monoisotopic (exact) mass is 371 g/mol. The van der Waals surface area contributed by atoms with Crippen LogP contribution < -0.4 is 10.6 Å². The van der Waals surface area contributed by atoms with Crippen LogP contribution in [0.1, 0.15) is 68.5 Å². The Labute approximate surface area is 155 Å². The first kappa shape index (κ1) is 19.7. The highest BCUT2D eigenvalue weighted by atomic mass is 35.5. The summed E-state index contributed by atoms with van der Waals surface area (Å²) in [4.78, 5) is 17.0. The fourth-order valence-electron chi connectivity index (χ4n) is 3.83. The summed E-state index contributed by atoms with van der Waals surface area (Å²) in [6, 6.07) is 0.455. The Morgan fingerprint density at radius 2 is 2.12 bits per heavy atom. The number of nitrogens with zero attached hydrogens (tertiary/aromatic N) is 1. The summed E-state index contributed by atoms with van der Waals surface area (Å²) in [5.74, 6) is 1.09. The number of rotatable bonds is 5.